The molecule has 2 aromatic rings. The van der Waals surface area contributed by atoms with Gasteiger partial charge in [-0.2, -0.15) is 0 Å². The van der Waals surface area contributed by atoms with Gasteiger partial charge in [0.1, 0.15) is 6.29 Å². The van der Waals surface area contributed by atoms with Crippen LogP contribution in [0.15, 0.2) is 42.1 Å². The number of allylic oxidation sites excluding steroid dienone is 1. The molecule has 0 aliphatic carbocycles. The van der Waals surface area contributed by atoms with Crippen molar-refractivity contribution in [1.29, 1.82) is 0 Å². The minimum absolute atomic E-state index is 0.692. The van der Waals surface area contributed by atoms with Crippen LogP contribution in [-0.2, 0) is 6.54 Å². The number of aldehydes is 1. The monoisotopic (exact) mass is 219 g/mol. The third-order valence-corrected chi connectivity index (χ3v) is 2.50. The Morgan fingerprint density at radius 2 is 2.20 bits per heavy atom. The van der Waals surface area contributed by atoms with Gasteiger partial charge in [-0.25, -0.2) is 0 Å². The Labute approximate surface area is 92.8 Å². The van der Waals surface area contributed by atoms with Gasteiger partial charge in [0.15, 0.2) is 0 Å². The van der Waals surface area contributed by atoms with E-state index in [0.29, 0.717) is 5.56 Å². The number of carbonyl (C=O) groups excluding carboxylic acids is 1. The molecule has 0 amide bonds. The number of benzene rings is 1. The van der Waals surface area contributed by atoms with Gasteiger partial charge in [0, 0.05) is 29.4 Å². The van der Waals surface area contributed by atoms with Crippen LogP contribution in [0.5, 0.6) is 0 Å². The van der Waals surface area contributed by atoms with Crippen LogP contribution in [0, 0.1) is 0 Å². The van der Waals surface area contributed by atoms with Crippen molar-refractivity contribution in [2.75, 3.05) is 0 Å². The molecule has 0 unspecified atom stereocenters. The second kappa shape index (κ2) is 4.32. The van der Waals surface area contributed by atoms with Gasteiger partial charge in [-0.15, -0.1) is 0 Å². The Morgan fingerprint density at radius 3 is 2.93 bits per heavy atom. The molecule has 2 rings (SSSR count). The van der Waals surface area contributed by atoms with Crippen LogP contribution < -0.4 is 0 Å². The Kier molecular flexibility index (Phi) is 2.88. The van der Waals surface area contributed by atoms with E-state index in [1.54, 1.807) is 0 Å². The van der Waals surface area contributed by atoms with Crippen molar-refractivity contribution in [2.24, 2.45) is 0 Å². The SMILES string of the molecule is O=Cc1ccc2ccn(C/C=C/Cl)c2c1. The van der Waals surface area contributed by atoms with Gasteiger partial charge in [-0.3, -0.25) is 4.79 Å². The summed E-state index contributed by atoms with van der Waals surface area (Å²) in [6, 6.07) is 7.66. The molecular formula is C12H10ClNO. The maximum Gasteiger partial charge on any atom is 0.150 e. The van der Waals surface area contributed by atoms with E-state index in [1.807, 2.05) is 41.1 Å². The Balaban J connectivity index is 2.51. The minimum Gasteiger partial charge on any atom is -0.344 e. The van der Waals surface area contributed by atoms with E-state index in [4.69, 9.17) is 11.6 Å². The zero-order valence-corrected chi connectivity index (χ0v) is 8.82. The molecule has 1 heterocycles. The summed E-state index contributed by atoms with van der Waals surface area (Å²) in [5.41, 5.74) is 3.24. The first-order valence-electron chi connectivity index (χ1n) is 4.64. The summed E-state index contributed by atoms with van der Waals surface area (Å²) in [6.45, 7) is 0.718. The first-order valence-corrected chi connectivity index (χ1v) is 5.08. The van der Waals surface area contributed by atoms with Crippen molar-refractivity contribution in [3.63, 3.8) is 0 Å². The van der Waals surface area contributed by atoms with Gasteiger partial charge in [0.05, 0.1) is 0 Å². The number of hydrogen-bond acceptors (Lipinski definition) is 1. The van der Waals surface area contributed by atoms with Crippen LogP contribution in [0.4, 0.5) is 0 Å². The second-order valence-corrected chi connectivity index (χ2v) is 3.52. The third-order valence-electron chi connectivity index (χ3n) is 2.33. The molecule has 0 bridgehead atoms. The molecule has 0 fully saturated rings. The fourth-order valence-electron chi connectivity index (χ4n) is 1.59. The first kappa shape index (κ1) is 9.99. The average Bonchev–Trinajstić information content (AvgIpc) is 2.68. The number of carbonyl (C=O) groups is 1. The molecule has 0 saturated heterocycles. The molecule has 0 aliphatic heterocycles. The zero-order valence-electron chi connectivity index (χ0n) is 8.06. The Hall–Kier alpha value is -1.54. The lowest BCUT2D eigenvalue weighted by atomic mass is 10.2. The molecular weight excluding hydrogens is 210 g/mol. The summed E-state index contributed by atoms with van der Waals surface area (Å²) in [7, 11) is 0. The molecule has 0 aliphatic rings. The lowest BCUT2D eigenvalue weighted by molar-refractivity contribution is 0.112. The molecule has 0 spiro atoms. The number of fused-ring (bicyclic) bond motifs is 1. The number of nitrogens with zero attached hydrogens (tertiary/aromatic N) is 1. The average molecular weight is 220 g/mol. The van der Waals surface area contributed by atoms with Crippen molar-refractivity contribution < 1.29 is 4.79 Å². The minimum atomic E-state index is 0.692. The van der Waals surface area contributed by atoms with Crippen LogP contribution in [0.1, 0.15) is 10.4 Å². The normalized spacial score (nSPS) is 11.3. The van der Waals surface area contributed by atoms with Gasteiger partial charge in [-0.1, -0.05) is 29.8 Å². The summed E-state index contributed by atoms with van der Waals surface area (Å²) < 4.78 is 2.04. The highest BCUT2D eigenvalue weighted by Crippen LogP contribution is 2.17. The van der Waals surface area contributed by atoms with Crippen molar-refractivity contribution in [3.8, 4) is 0 Å². The van der Waals surface area contributed by atoms with Gasteiger partial charge >= 0.3 is 0 Å². The van der Waals surface area contributed by atoms with Gasteiger partial charge < -0.3 is 4.57 Å². The Morgan fingerprint density at radius 1 is 1.33 bits per heavy atom. The molecule has 0 saturated carbocycles. The number of halogens is 1. The van der Waals surface area contributed by atoms with Gasteiger partial charge in [-0.05, 0) is 17.5 Å². The molecule has 0 radical (unpaired) electrons. The first-order chi connectivity index (χ1) is 7.35. The van der Waals surface area contributed by atoms with E-state index >= 15 is 0 Å². The highest BCUT2D eigenvalue weighted by molar-refractivity contribution is 6.25. The molecule has 1 aromatic carbocycles. The molecule has 3 heteroatoms. The van der Waals surface area contributed by atoms with Crippen molar-refractivity contribution in [3.05, 3.63) is 47.6 Å². The highest BCUT2D eigenvalue weighted by Gasteiger charge is 2.00. The quantitative estimate of drug-likeness (QED) is 0.727. The molecule has 2 nitrogen and oxygen atoms in total. The van der Waals surface area contributed by atoms with Crippen molar-refractivity contribution in [1.82, 2.24) is 4.57 Å². The fraction of sp³-hybridized carbons (Fsp3) is 0.0833. The summed E-state index contributed by atoms with van der Waals surface area (Å²) in [5.74, 6) is 0. The largest absolute Gasteiger partial charge is 0.344 e. The third kappa shape index (κ3) is 1.95. The maximum absolute atomic E-state index is 10.7. The summed E-state index contributed by atoms with van der Waals surface area (Å²) >= 11 is 5.48. The zero-order chi connectivity index (χ0) is 10.7. The summed E-state index contributed by atoms with van der Waals surface area (Å²) in [6.07, 6.45) is 4.69. The van der Waals surface area contributed by atoms with Crippen LogP contribution >= 0.6 is 11.6 Å². The van der Waals surface area contributed by atoms with Gasteiger partial charge in [0.25, 0.3) is 0 Å². The Bertz CT molecular complexity index is 513. The summed E-state index contributed by atoms with van der Waals surface area (Å²) in [5, 5.41) is 1.13. The van der Waals surface area contributed by atoms with Crippen molar-refractivity contribution in [2.45, 2.75) is 6.54 Å². The van der Waals surface area contributed by atoms with E-state index in [2.05, 4.69) is 0 Å². The molecule has 15 heavy (non-hydrogen) atoms. The standard InChI is InChI=1S/C12H10ClNO/c13-5-1-6-14-7-4-11-3-2-10(9-15)8-12(11)14/h1-5,7-9H,6H2/b5-1+. The summed E-state index contributed by atoms with van der Waals surface area (Å²) in [4.78, 5) is 10.7. The molecule has 0 atom stereocenters. The van der Waals surface area contributed by atoms with E-state index in [-0.39, 0.29) is 0 Å². The highest BCUT2D eigenvalue weighted by atomic mass is 35.5. The van der Waals surface area contributed by atoms with Crippen molar-refractivity contribution >= 4 is 28.8 Å². The topological polar surface area (TPSA) is 22.0 Å². The van der Waals surface area contributed by atoms with E-state index in [0.717, 1.165) is 23.7 Å². The number of rotatable bonds is 3. The van der Waals surface area contributed by atoms with E-state index in [9.17, 15) is 4.79 Å². The lowest BCUT2D eigenvalue weighted by Gasteiger charge is -2.01. The molecule has 1 aromatic heterocycles. The molecule has 76 valence electrons. The van der Waals surface area contributed by atoms with E-state index < -0.39 is 0 Å². The lowest BCUT2D eigenvalue weighted by Crippen LogP contribution is -1.92. The number of hydrogen-bond donors (Lipinski definition) is 0. The number of aromatic nitrogens is 1. The van der Waals surface area contributed by atoms with E-state index in [1.165, 1.54) is 5.54 Å². The molecule has 0 N–H and O–H groups in total. The van der Waals surface area contributed by atoms with Crippen LogP contribution in [0.3, 0.4) is 0 Å². The van der Waals surface area contributed by atoms with Crippen LogP contribution in [-0.4, -0.2) is 10.9 Å². The van der Waals surface area contributed by atoms with Crippen LogP contribution in [0.25, 0.3) is 10.9 Å². The van der Waals surface area contributed by atoms with Gasteiger partial charge in [0.2, 0.25) is 0 Å². The maximum atomic E-state index is 10.7. The smallest absolute Gasteiger partial charge is 0.150 e. The predicted octanol–water partition coefficient (Wildman–Crippen LogP) is 3.21. The van der Waals surface area contributed by atoms with Crippen LogP contribution in [0.2, 0.25) is 0 Å². The predicted molar refractivity (Wildman–Crippen MR) is 62.3 cm³/mol. The fourth-order valence-corrected chi connectivity index (χ4v) is 1.67. The second-order valence-electron chi connectivity index (χ2n) is 3.27.